The number of hydrogen-bond donors (Lipinski definition) is 0. The summed E-state index contributed by atoms with van der Waals surface area (Å²) in [6.07, 6.45) is 3.57. The Labute approximate surface area is 96.7 Å². The van der Waals surface area contributed by atoms with Crippen LogP contribution in [0.1, 0.15) is 42.3 Å². The van der Waals surface area contributed by atoms with Gasteiger partial charge >= 0.3 is 0 Å². The van der Waals surface area contributed by atoms with Crippen molar-refractivity contribution in [1.82, 2.24) is 0 Å². The molecule has 0 fully saturated rings. The van der Waals surface area contributed by atoms with Crippen molar-refractivity contribution in [2.75, 3.05) is 0 Å². The molecule has 0 atom stereocenters. The van der Waals surface area contributed by atoms with Gasteiger partial charge in [-0.25, -0.2) is 0 Å². The maximum absolute atomic E-state index is 11.3. The minimum absolute atomic E-state index is 0.109. The number of hydrogen-bond acceptors (Lipinski definition) is 2. The van der Waals surface area contributed by atoms with Crippen molar-refractivity contribution in [3.8, 4) is 0 Å². The number of carbonyl (C=O) groups excluding carboxylic acids is 1. The second-order valence-electron chi connectivity index (χ2n) is 3.81. The van der Waals surface area contributed by atoms with E-state index < -0.39 is 0 Å². The van der Waals surface area contributed by atoms with Crippen LogP contribution in [0.2, 0.25) is 0 Å². The van der Waals surface area contributed by atoms with Gasteiger partial charge < -0.3 is 0 Å². The second-order valence-corrected chi connectivity index (χ2v) is 3.81. The maximum atomic E-state index is 11.3. The Morgan fingerprint density at radius 2 is 2.00 bits per heavy atom. The third-order valence-corrected chi connectivity index (χ3v) is 2.48. The third kappa shape index (κ3) is 2.89. The lowest BCUT2D eigenvalue weighted by Gasteiger charge is -2.05. The fraction of sp³-hybridized carbons (Fsp3) is 0.286. The molecular weight excluding hydrogens is 198 g/mol. The summed E-state index contributed by atoms with van der Waals surface area (Å²) < 4.78 is 0. The molecule has 0 bridgehead atoms. The molecule has 0 unspecified atom stereocenters. The molecule has 2 heteroatoms. The van der Waals surface area contributed by atoms with Gasteiger partial charge in [-0.2, -0.15) is 0 Å². The summed E-state index contributed by atoms with van der Waals surface area (Å²) in [5.74, 6) is 0.109. The molecule has 0 aromatic heterocycles. The van der Waals surface area contributed by atoms with Crippen LogP contribution in [0.4, 0.5) is 0 Å². The lowest BCUT2D eigenvalue weighted by Crippen LogP contribution is -1.96. The van der Waals surface area contributed by atoms with Crippen LogP contribution < -0.4 is 0 Å². The van der Waals surface area contributed by atoms with Crippen LogP contribution in [-0.2, 0) is 0 Å². The minimum atomic E-state index is 0.109. The highest BCUT2D eigenvalue weighted by atomic mass is 16.1. The quantitative estimate of drug-likeness (QED) is 0.559. The summed E-state index contributed by atoms with van der Waals surface area (Å²) in [7, 11) is 0. The van der Waals surface area contributed by atoms with Crippen LogP contribution in [-0.4, -0.2) is 12.0 Å². The van der Waals surface area contributed by atoms with Gasteiger partial charge in [-0.1, -0.05) is 18.2 Å². The first-order valence-electron chi connectivity index (χ1n) is 5.32. The molecule has 0 saturated heterocycles. The molecule has 0 aliphatic heterocycles. The highest BCUT2D eigenvalue weighted by molar-refractivity contribution is 5.95. The fourth-order valence-corrected chi connectivity index (χ4v) is 1.56. The van der Waals surface area contributed by atoms with E-state index in [9.17, 15) is 4.79 Å². The van der Waals surface area contributed by atoms with E-state index in [4.69, 9.17) is 0 Å². The van der Waals surface area contributed by atoms with Crippen LogP contribution in [0.5, 0.6) is 0 Å². The number of nitrogens with zero attached hydrogens (tertiary/aromatic N) is 1. The van der Waals surface area contributed by atoms with Crippen molar-refractivity contribution < 1.29 is 4.79 Å². The minimum Gasteiger partial charge on any atom is -0.295 e. The molecule has 0 N–H and O–H groups in total. The van der Waals surface area contributed by atoms with Crippen molar-refractivity contribution in [2.45, 2.75) is 27.7 Å². The third-order valence-electron chi connectivity index (χ3n) is 2.48. The van der Waals surface area contributed by atoms with Gasteiger partial charge in [0.05, 0.1) is 0 Å². The maximum Gasteiger partial charge on any atom is 0.160 e. The van der Waals surface area contributed by atoms with E-state index in [0.29, 0.717) is 0 Å². The first kappa shape index (κ1) is 12.4. The zero-order valence-electron chi connectivity index (χ0n) is 10.2. The van der Waals surface area contributed by atoms with E-state index >= 15 is 0 Å². The van der Waals surface area contributed by atoms with Crippen LogP contribution in [0.15, 0.2) is 29.4 Å². The number of carbonyl (C=O) groups is 1. The van der Waals surface area contributed by atoms with Crippen molar-refractivity contribution in [1.29, 1.82) is 0 Å². The Balaban J connectivity index is 3.11. The Kier molecular flexibility index (Phi) is 4.18. The number of Topliss-reactive ketones (excluding diaryl/α,β-unsaturated/α-hetero) is 1. The van der Waals surface area contributed by atoms with Crippen molar-refractivity contribution in [3.05, 3.63) is 41.1 Å². The van der Waals surface area contributed by atoms with Crippen molar-refractivity contribution >= 4 is 17.6 Å². The van der Waals surface area contributed by atoms with Crippen molar-refractivity contribution in [3.63, 3.8) is 0 Å². The lowest BCUT2D eigenvalue weighted by atomic mass is 9.99. The van der Waals surface area contributed by atoms with Crippen LogP contribution in [0.3, 0.4) is 0 Å². The number of aliphatic imine (C=N–C) groups is 1. The van der Waals surface area contributed by atoms with Gasteiger partial charge in [0.2, 0.25) is 0 Å². The molecule has 0 heterocycles. The molecule has 0 aliphatic carbocycles. The van der Waals surface area contributed by atoms with E-state index in [2.05, 4.69) is 4.99 Å². The number of benzene rings is 1. The smallest absolute Gasteiger partial charge is 0.160 e. The zero-order valence-corrected chi connectivity index (χ0v) is 10.2. The van der Waals surface area contributed by atoms with E-state index in [1.165, 1.54) is 0 Å². The Bertz CT molecular complexity index is 456. The Morgan fingerprint density at radius 3 is 2.50 bits per heavy atom. The molecule has 0 amide bonds. The highest BCUT2D eigenvalue weighted by Gasteiger charge is 2.04. The topological polar surface area (TPSA) is 29.4 Å². The summed E-state index contributed by atoms with van der Waals surface area (Å²) in [4.78, 5) is 15.4. The van der Waals surface area contributed by atoms with Crippen LogP contribution in [0.25, 0.3) is 5.57 Å². The number of allylic oxidation sites excluding steroid dienone is 1. The molecule has 0 saturated carbocycles. The first-order valence-corrected chi connectivity index (χ1v) is 5.32. The highest BCUT2D eigenvalue weighted by Crippen LogP contribution is 2.18. The van der Waals surface area contributed by atoms with E-state index in [-0.39, 0.29) is 5.78 Å². The predicted molar refractivity (Wildman–Crippen MR) is 69.0 cm³/mol. The van der Waals surface area contributed by atoms with Gasteiger partial charge in [-0.3, -0.25) is 9.79 Å². The normalized spacial score (nSPS) is 12.1. The van der Waals surface area contributed by atoms with E-state index in [1.54, 1.807) is 13.1 Å². The molecule has 1 aromatic rings. The molecular formula is C14H17NO. The molecule has 84 valence electrons. The number of ketones is 1. The average Bonchev–Trinajstić information content (AvgIpc) is 2.25. The number of aryl methyl sites for hydroxylation is 1. The van der Waals surface area contributed by atoms with Crippen LogP contribution >= 0.6 is 0 Å². The molecule has 16 heavy (non-hydrogen) atoms. The molecule has 1 aromatic carbocycles. The zero-order chi connectivity index (χ0) is 12.1. The summed E-state index contributed by atoms with van der Waals surface area (Å²) in [5.41, 5.74) is 4.00. The van der Waals surface area contributed by atoms with Gasteiger partial charge in [0.25, 0.3) is 0 Å². The Morgan fingerprint density at radius 1 is 1.31 bits per heavy atom. The summed E-state index contributed by atoms with van der Waals surface area (Å²) in [6.45, 7) is 7.44. The van der Waals surface area contributed by atoms with Gasteiger partial charge in [-0.15, -0.1) is 0 Å². The average molecular weight is 215 g/mol. The summed E-state index contributed by atoms with van der Waals surface area (Å²) >= 11 is 0. The summed E-state index contributed by atoms with van der Waals surface area (Å²) in [6, 6.07) is 5.86. The van der Waals surface area contributed by atoms with Crippen LogP contribution in [0, 0.1) is 6.92 Å². The predicted octanol–water partition coefficient (Wildman–Crippen LogP) is 3.65. The lowest BCUT2D eigenvalue weighted by molar-refractivity contribution is 0.101. The van der Waals surface area contributed by atoms with E-state index in [0.717, 1.165) is 22.3 Å². The van der Waals surface area contributed by atoms with Crippen molar-refractivity contribution in [2.24, 2.45) is 4.99 Å². The first-order chi connectivity index (χ1) is 7.56. The molecule has 0 spiro atoms. The standard InChI is InChI=1S/C14H17NO/c1-5-15-9-11(3)13-6-7-14(12(4)16)10(2)8-13/h5-9H,1-4H3/b11-9+,15-5?. The second kappa shape index (κ2) is 5.40. The monoisotopic (exact) mass is 215 g/mol. The Hall–Kier alpha value is -1.70. The molecule has 0 radical (unpaired) electrons. The number of rotatable bonds is 3. The largest absolute Gasteiger partial charge is 0.295 e. The van der Waals surface area contributed by atoms with Gasteiger partial charge in [0, 0.05) is 18.0 Å². The summed E-state index contributed by atoms with van der Waals surface area (Å²) in [5, 5.41) is 0. The van der Waals surface area contributed by atoms with E-state index in [1.807, 2.05) is 45.2 Å². The van der Waals surface area contributed by atoms with Gasteiger partial charge in [-0.05, 0) is 44.4 Å². The van der Waals surface area contributed by atoms with Gasteiger partial charge in [0.15, 0.2) is 5.78 Å². The SMILES string of the molecule is CC=N/C=C(\C)c1ccc(C(C)=O)c(C)c1. The fourth-order valence-electron chi connectivity index (χ4n) is 1.56. The molecule has 0 aliphatic rings. The molecule has 2 nitrogen and oxygen atoms in total. The van der Waals surface area contributed by atoms with Gasteiger partial charge in [0.1, 0.15) is 0 Å². The molecule has 1 rings (SSSR count).